The fourth-order valence-corrected chi connectivity index (χ4v) is 1.60. The van der Waals surface area contributed by atoms with E-state index in [1.54, 1.807) is 44.2 Å². The first-order valence-electron chi connectivity index (χ1n) is 5.95. The number of alkyl halides is 3. The molecule has 0 radical (unpaired) electrons. The summed E-state index contributed by atoms with van der Waals surface area (Å²) in [6, 6.07) is 7.67. The lowest BCUT2D eigenvalue weighted by atomic mass is 10.2. The molecule has 106 valence electrons. The Morgan fingerprint density at radius 1 is 1.26 bits per heavy atom. The predicted octanol–water partition coefficient (Wildman–Crippen LogP) is 3.74. The molecule has 0 fully saturated rings. The van der Waals surface area contributed by atoms with Crippen LogP contribution in [-0.4, -0.2) is 30.2 Å². The number of nitrogens with one attached hydrogen (secondary N) is 1. The van der Waals surface area contributed by atoms with Gasteiger partial charge in [0.2, 0.25) is 0 Å². The molecule has 1 aromatic carbocycles. The van der Waals surface area contributed by atoms with E-state index in [0.29, 0.717) is 5.69 Å². The summed E-state index contributed by atoms with van der Waals surface area (Å²) in [5.41, 5.74) is 0.475. The van der Waals surface area contributed by atoms with E-state index in [-0.39, 0.29) is 12.5 Å². The topological polar surface area (TPSA) is 32.3 Å². The summed E-state index contributed by atoms with van der Waals surface area (Å²) < 4.78 is 37.3. The number of nitrogens with zero attached hydrogens (tertiary/aromatic N) is 1. The Hall–Kier alpha value is -1.72. The van der Waals surface area contributed by atoms with Gasteiger partial charge in [-0.15, -0.1) is 0 Å². The van der Waals surface area contributed by atoms with E-state index in [2.05, 4.69) is 5.32 Å². The third kappa shape index (κ3) is 6.13. The number of para-hydroxylation sites is 1. The highest BCUT2D eigenvalue weighted by Crippen LogP contribution is 2.18. The number of carbonyl (C=O) groups is 1. The van der Waals surface area contributed by atoms with Gasteiger partial charge >= 0.3 is 12.2 Å². The van der Waals surface area contributed by atoms with Crippen LogP contribution in [0.25, 0.3) is 0 Å². The Kier molecular flexibility index (Phi) is 5.20. The Morgan fingerprint density at radius 3 is 2.32 bits per heavy atom. The van der Waals surface area contributed by atoms with Crippen LogP contribution in [-0.2, 0) is 0 Å². The first kappa shape index (κ1) is 15.3. The van der Waals surface area contributed by atoms with Gasteiger partial charge in [0, 0.05) is 12.2 Å². The van der Waals surface area contributed by atoms with Gasteiger partial charge < -0.3 is 10.2 Å². The minimum atomic E-state index is -4.40. The molecule has 0 saturated heterocycles. The third-order valence-electron chi connectivity index (χ3n) is 2.27. The van der Waals surface area contributed by atoms with E-state index in [1.165, 1.54) is 0 Å². The van der Waals surface area contributed by atoms with Crippen LogP contribution in [0.2, 0.25) is 0 Å². The lowest BCUT2D eigenvalue weighted by molar-refractivity contribution is -0.140. The maximum absolute atomic E-state index is 12.4. The number of anilines is 1. The van der Waals surface area contributed by atoms with Crippen molar-refractivity contribution in [3.8, 4) is 0 Å². The lowest BCUT2D eigenvalue weighted by Crippen LogP contribution is -2.43. The Bertz CT molecular complexity index is 404. The summed E-state index contributed by atoms with van der Waals surface area (Å²) in [6.45, 7) is 2.33. The number of benzene rings is 1. The predicted molar refractivity (Wildman–Crippen MR) is 67.9 cm³/mol. The van der Waals surface area contributed by atoms with Crippen LogP contribution < -0.4 is 5.32 Å². The van der Waals surface area contributed by atoms with Crippen molar-refractivity contribution in [3.05, 3.63) is 30.3 Å². The van der Waals surface area contributed by atoms with Crippen LogP contribution in [0.15, 0.2) is 30.3 Å². The van der Waals surface area contributed by atoms with Crippen molar-refractivity contribution in [2.24, 2.45) is 5.92 Å². The van der Waals surface area contributed by atoms with Gasteiger partial charge in [0.1, 0.15) is 6.54 Å². The summed E-state index contributed by atoms with van der Waals surface area (Å²) in [5.74, 6) is -0.0381. The number of amides is 2. The summed E-state index contributed by atoms with van der Waals surface area (Å²) in [6.07, 6.45) is -4.40. The normalized spacial score (nSPS) is 11.5. The SMILES string of the molecule is CC(C)CN(CC(F)(F)F)C(=O)Nc1ccccc1. The number of rotatable bonds is 4. The van der Waals surface area contributed by atoms with Gasteiger partial charge in [-0.3, -0.25) is 0 Å². The minimum Gasteiger partial charge on any atom is -0.315 e. The first-order valence-corrected chi connectivity index (χ1v) is 5.95. The zero-order valence-electron chi connectivity index (χ0n) is 10.9. The maximum atomic E-state index is 12.4. The van der Waals surface area contributed by atoms with Gasteiger partial charge in [-0.05, 0) is 18.1 Å². The molecule has 0 saturated carbocycles. The molecule has 1 N–H and O–H groups in total. The van der Waals surface area contributed by atoms with Crippen LogP contribution in [0.4, 0.5) is 23.7 Å². The molecule has 3 nitrogen and oxygen atoms in total. The standard InChI is InChI=1S/C13H17F3N2O/c1-10(2)8-18(9-13(14,15)16)12(19)17-11-6-4-3-5-7-11/h3-7,10H,8-9H2,1-2H3,(H,17,19). The molecule has 2 amide bonds. The second kappa shape index (κ2) is 6.45. The fourth-order valence-electron chi connectivity index (χ4n) is 1.60. The smallest absolute Gasteiger partial charge is 0.315 e. The maximum Gasteiger partial charge on any atom is 0.406 e. The molecule has 6 heteroatoms. The van der Waals surface area contributed by atoms with Gasteiger partial charge in [0.05, 0.1) is 0 Å². The van der Waals surface area contributed by atoms with E-state index < -0.39 is 18.8 Å². The Morgan fingerprint density at radius 2 is 1.84 bits per heavy atom. The van der Waals surface area contributed by atoms with Crippen molar-refractivity contribution >= 4 is 11.7 Å². The molecule has 0 aliphatic heterocycles. The number of carbonyl (C=O) groups excluding carboxylic acids is 1. The third-order valence-corrected chi connectivity index (χ3v) is 2.27. The number of hydrogen-bond donors (Lipinski definition) is 1. The van der Waals surface area contributed by atoms with Crippen molar-refractivity contribution in [1.29, 1.82) is 0 Å². The number of urea groups is 1. The average molecular weight is 274 g/mol. The van der Waals surface area contributed by atoms with Gasteiger partial charge in [0.25, 0.3) is 0 Å². The van der Waals surface area contributed by atoms with E-state index in [1.807, 2.05) is 0 Å². The molecule has 0 bridgehead atoms. The highest BCUT2D eigenvalue weighted by atomic mass is 19.4. The summed E-state index contributed by atoms with van der Waals surface area (Å²) in [5, 5.41) is 2.46. The molecule has 1 aromatic rings. The highest BCUT2D eigenvalue weighted by Gasteiger charge is 2.33. The molecule has 0 atom stereocenters. The molecule has 0 unspecified atom stereocenters. The van der Waals surface area contributed by atoms with Crippen LogP contribution in [0.5, 0.6) is 0 Å². The largest absolute Gasteiger partial charge is 0.406 e. The molecule has 0 heterocycles. The van der Waals surface area contributed by atoms with E-state index in [0.717, 1.165) is 4.90 Å². The number of halogens is 3. The Balaban J connectivity index is 2.71. The van der Waals surface area contributed by atoms with Gasteiger partial charge in [0.15, 0.2) is 0 Å². The molecule has 19 heavy (non-hydrogen) atoms. The number of hydrogen-bond acceptors (Lipinski definition) is 1. The van der Waals surface area contributed by atoms with Crippen molar-refractivity contribution in [2.45, 2.75) is 20.0 Å². The zero-order valence-corrected chi connectivity index (χ0v) is 10.9. The van der Waals surface area contributed by atoms with E-state index in [9.17, 15) is 18.0 Å². The van der Waals surface area contributed by atoms with E-state index >= 15 is 0 Å². The fraction of sp³-hybridized carbons (Fsp3) is 0.462. The molecule has 0 aliphatic rings. The second-order valence-electron chi connectivity index (χ2n) is 4.69. The monoisotopic (exact) mass is 274 g/mol. The molecular weight excluding hydrogens is 257 g/mol. The van der Waals surface area contributed by atoms with Crippen molar-refractivity contribution in [2.75, 3.05) is 18.4 Å². The van der Waals surface area contributed by atoms with Crippen molar-refractivity contribution in [1.82, 2.24) is 4.90 Å². The minimum absolute atomic E-state index is 0.0381. The second-order valence-corrected chi connectivity index (χ2v) is 4.69. The van der Waals surface area contributed by atoms with E-state index in [4.69, 9.17) is 0 Å². The van der Waals surface area contributed by atoms with Gasteiger partial charge in [-0.2, -0.15) is 13.2 Å². The zero-order chi connectivity index (χ0) is 14.5. The van der Waals surface area contributed by atoms with Crippen molar-refractivity contribution in [3.63, 3.8) is 0 Å². The molecule has 0 spiro atoms. The van der Waals surface area contributed by atoms with Crippen LogP contribution in [0.1, 0.15) is 13.8 Å². The summed E-state index contributed by atoms with van der Waals surface area (Å²) in [4.78, 5) is 12.6. The molecular formula is C13H17F3N2O. The molecule has 1 rings (SSSR count). The van der Waals surface area contributed by atoms with Gasteiger partial charge in [-0.25, -0.2) is 4.79 Å². The molecule has 0 aromatic heterocycles. The summed E-state index contributed by atoms with van der Waals surface area (Å²) >= 11 is 0. The van der Waals surface area contributed by atoms with Crippen LogP contribution >= 0.6 is 0 Å². The van der Waals surface area contributed by atoms with Crippen molar-refractivity contribution < 1.29 is 18.0 Å². The van der Waals surface area contributed by atoms with Gasteiger partial charge in [-0.1, -0.05) is 32.0 Å². The highest BCUT2D eigenvalue weighted by molar-refractivity contribution is 5.89. The van der Waals surface area contributed by atoms with Crippen LogP contribution in [0, 0.1) is 5.92 Å². The average Bonchev–Trinajstić information content (AvgIpc) is 2.27. The van der Waals surface area contributed by atoms with Crippen LogP contribution in [0.3, 0.4) is 0 Å². The lowest BCUT2D eigenvalue weighted by Gasteiger charge is -2.25. The first-order chi connectivity index (χ1) is 8.78. The Labute approximate surface area is 110 Å². The quantitative estimate of drug-likeness (QED) is 0.891. The molecule has 0 aliphatic carbocycles. The summed E-state index contributed by atoms with van der Waals surface area (Å²) in [7, 11) is 0.